The van der Waals surface area contributed by atoms with Gasteiger partial charge in [-0.1, -0.05) is 48.5 Å². The van der Waals surface area contributed by atoms with Crippen LogP contribution < -0.4 is 0 Å². The summed E-state index contributed by atoms with van der Waals surface area (Å²) >= 11 is 0. The van der Waals surface area contributed by atoms with Gasteiger partial charge < -0.3 is 19.3 Å². The van der Waals surface area contributed by atoms with Gasteiger partial charge in [0.1, 0.15) is 0 Å². The highest BCUT2D eigenvalue weighted by Gasteiger charge is 2.71. The first-order chi connectivity index (χ1) is 19.3. The Morgan fingerprint density at radius 3 is 2.19 bits per heavy atom. The van der Waals surface area contributed by atoms with E-state index in [2.05, 4.69) is 66.8 Å². The summed E-state index contributed by atoms with van der Waals surface area (Å²) in [6.45, 7) is 21.1. The van der Waals surface area contributed by atoms with E-state index in [0.29, 0.717) is 35.7 Å². The van der Waals surface area contributed by atoms with E-state index in [4.69, 9.17) is 19.3 Å². The Morgan fingerprint density at radius 2 is 1.55 bits per heavy atom. The third kappa shape index (κ3) is 4.89. The monoisotopic (exact) mass is 610 g/mol. The van der Waals surface area contributed by atoms with Crippen LogP contribution in [-0.2, 0) is 23.4 Å². The summed E-state index contributed by atoms with van der Waals surface area (Å²) in [5.41, 5.74) is 0.141. The van der Waals surface area contributed by atoms with Crippen molar-refractivity contribution in [2.24, 2.45) is 62.6 Å². The molecule has 0 saturated heterocycles. The van der Waals surface area contributed by atoms with Crippen molar-refractivity contribution in [3.8, 4) is 0 Å². The molecule has 2 N–H and O–H groups in total. The third-order valence-corrected chi connectivity index (χ3v) is 15.2. The Morgan fingerprint density at radius 1 is 0.857 bits per heavy atom. The Labute approximate surface area is 254 Å². The van der Waals surface area contributed by atoms with Crippen molar-refractivity contribution < 1.29 is 33.1 Å². The summed E-state index contributed by atoms with van der Waals surface area (Å²) in [5, 5.41) is 0. The van der Waals surface area contributed by atoms with Gasteiger partial charge in [-0.3, -0.25) is 4.79 Å². The summed E-state index contributed by atoms with van der Waals surface area (Å²) < 4.78 is 27.9. The van der Waals surface area contributed by atoms with Crippen molar-refractivity contribution in [2.45, 2.75) is 139 Å². The maximum atomic E-state index is 13.9. The second-order valence-electron chi connectivity index (χ2n) is 16.9. The van der Waals surface area contributed by atoms with Gasteiger partial charge in [-0.05, 0) is 135 Å². The van der Waals surface area contributed by atoms with Gasteiger partial charge in [0.2, 0.25) is 6.79 Å². The fourth-order valence-electron chi connectivity index (χ4n) is 12.5. The Bertz CT molecular complexity index is 1090. The van der Waals surface area contributed by atoms with E-state index in [0.717, 1.165) is 38.5 Å². The van der Waals surface area contributed by atoms with E-state index in [1.165, 1.54) is 25.7 Å². The Kier molecular flexibility index (Phi) is 8.48. The number of hydrogen-bond donors (Lipinski definition) is 2. The number of phosphoric ester groups is 1. The van der Waals surface area contributed by atoms with E-state index < -0.39 is 20.0 Å². The van der Waals surface area contributed by atoms with Crippen molar-refractivity contribution >= 4 is 13.8 Å². The minimum Gasteiger partial charge on any atom is -0.437 e. The summed E-state index contributed by atoms with van der Waals surface area (Å²) in [6.07, 6.45) is 11.3. The molecule has 0 aromatic carbocycles. The van der Waals surface area contributed by atoms with Crippen molar-refractivity contribution in [3.05, 3.63) is 0 Å². The van der Waals surface area contributed by atoms with Crippen molar-refractivity contribution in [2.75, 3.05) is 6.79 Å². The lowest BCUT2D eigenvalue weighted by Crippen LogP contribution is -2.68. The largest absolute Gasteiger partial charge is 0.472 e. The molecule has 242 valence electrons. The zero-order valence-corrected chi connectivity index (χ0v) is 28.7. The van der Waals surface area contributed by atoms with E-state index >= 15 is 0 Å². The molecule has 5 aliphatic rings. The average molecular weight is 611 g/mol. The standard InChI is InChI=1S/C34H59O7P/c1-21(2)41-27-14-15-31(7)25(30(27,5)6)13-16-33(9)26(31)11-10-24-28-23(4)22(3)12-17-34(28,19-18-32(24,33)8)29(35)39-20-40-42(36,37)38/h21-28H,10-20H2,1-9H3,(H2,36,37,38). The molecule has 5 fully saturated rings. The molecule has 42 heavy (non-hydrogen) atoms. The molecule has 5 saturated carbocycles. The zero-order valence-electron chi connectivity index (χ0n) is 27.8. The fraction of sp³-hybridized carbons (Fsp3) is 0.971. The number of carbonyl (C=O) groups excluding carboxylic acids is 1. The number of phosphoric acid groups is 1. The quantitative estimate of drug-likeness (QED) is 0.178. The molecule has 11 atom stereocenters. The molecule has 0 spiro atoms. The molecule has 5 aliphatic carbocycles. The number of carbonyl (C=O) groups is 1. The molecule has 7 nitrogen and oxygen atoms in total. The van der Waals surface area contributed by atoms with Gasteiger partial charge >= 0.3 is 13.8 Å². The first kappa shape index (κ1) is 32.9. The average Bonchev–Trinajstić information content (AvgIpc) is 2.87. The van der Waals surface area contributed by atoms with Crippen molar-refractivity contribution in [1.82, 2.24) is 0 Å². The highest BCUT2D eigenvalue weighted by Crippen LogP contribution is 2.77. The highest BCUT2D eigenvalue weighted by atomic mass is 31.2. The van der Waals surface area contributed by atoms with Crippen LogP contribution in [0.3, 0.4) is 0 Å². The number of esters is 1. The topological polar surface area (TPSA) is 102 Å². The number of ether oxygens (including phenoxy) is 2. The maximum Gasteiger partial charge on any atom is 0.472 e. The number of rotatable bonds is 6. The first-order valence-corrected chi connectivity index (χ1v) is 18.4. The van der Waals surface area contributed by atoms with E-state index in [1.807, 2.05) is 0 Å². The second-order valence-corrected chi connectivity index (χ2v) is 18.2. The normalized spacial score (nSPS) is 48.4. The molecule has 0 radical (unpaired) electrons. The van der Waals surface area contributed by atoms with Crippen LogP contribution in [0.5, 0.6) is 0 Å². The number of hydrogen-bond acceptors (Lipinski definition) is 5. The predicted octanol–water partition coefficient (Wildman–Crippen LogP) is 8.13. The predicted molar refractivity (Wildman–Crippen MR) is 163 cm³/mol. The van der Waals surface area contributed by atoms with Crippen LogP contribution in [0, 0.1) is 62.6 Å². The van der Waals surface area contributed by atoms with Crippen LogP contribution in [-0.4, -0.2) is 34.8 Å². The molecule has 11 unspecified atom stereocenters. The molecule has 5 rings (SSSR count). The van der Waals surface area contributed by atoms with Gasteiger partial charge in [0.15, 0.2) is 0 Å². The molecule has 0 aliphatic heterocycles. The zero-order chi connectivity index (χ0) is 31.1. The SMILES string of the molecule is CC(C)OC1CCC2(C)C(CCC3(C)C2CCC2C4C(C)C(C)CCC4(C(=O)OCOP(=O)(O)O)CCC23C)C1(C)C. The van der Waals surface area contributed by atoms with E-state index in [-0.39, 0.29) is 39.7 Å². The lowest BCUT2D eigenvalue weighted by molar-refractivity contribution is -0.263. The number of fused-ring (bicyclic) bond motifs is 7. The molecule has 0 aromatic heterocycles. The summed E-state index contributed by atoms with van der Waals surface area (Å²) in [7, 11) is -4.71. The first-order valence-electron chi connectivity index (χ1n) is 16.9. The molecule has 0 heterocycles. The van der Waals surface area contributed by atoms with Gasteiger partial charge in [-0.2, -0.15) is 0 Å². The summed E-state index contributed by atoms with van der Waals surface area (Å²) in [5.74, 6) is 2.52. The van der Waals surface area contributed by atoms with Gasteiger partial charge in [-0.15, -0.1) is 0 Å². The van der Waals surface area contributed by atoms with Crippen molar-refractivity contribution in [3.63, 3.8) is 0 Å². The molecule has 0 amide bonds. The van der Waals surface area contributed by atoms with Crippen LogP contribution in [0.1, 0.15) is 127 Å². The van der Waals surface area contributed by atoms with Gasteiger partial charge in [0, 0.05) is 0 Å². The molecule has 8 heteroatoms. The Balaban J connectivity index is 1.46. The summed E-state index contributed by atoms with van der Waals surface area (Å²) in [4.78, 5) is 32.2. The maximum absolute atomic E-state index is 13.9. The third-order valence-electron chi connectivity index (χ3n) is 14.8. The van der Waals surface area contributed by atoms with E-state index in [1.54, 1.807) is 0 Å². The minimum absolute atomic E-state index is 0.126. The van der Waals surface area contributed by atoms with Crippen LogP contribution in [0.2, 0.25) is 0 Å². The van der Waals surface area contributed by atoms with Gasteiger partial charge in [0.25, 0.3) is 0 Å². The highest BCUT2D eigenvalue weighted by molar-refractivity contribution is 7.46. The fourth-order valence-corrected chi connectivity index (χ4v) is 12.7. The van der Waals surface area contributed by atoms with Crippen LogP contribution in [0.15, 0.2) is 0 Å². The molecular formula is C34H59O7P. The van der Waals surface area contributed by atoms with Crippen LogP contribution in [0.25, 0.3) is 0 Å². The lowest BCUT2D eigenvalue weighted by Gasteiger charge is -2.73. The van der Waals surface area contributed by atoms with Crippen molar-refractivity contribution in [1.29, 1.82) is 0 Å². The molecule has 0 aromatic rings. The lowest BCUT2D eigenvalue weighted by atomic mass is 9.31. The smallest absolute Gasteiger partial charge is 0.437 e. The minimum atomic E-state index is -4.71. The Hall–Kier alpha value is -0.460. The second kappa shape index (κ2) is 10.8. The molecular weight excluding hydrogens is 551 g/mol. The summed E-state index contributed by atoms with van der Waals surface area (Å²) in [6, 6.07) is 0. The van der Waals surface area contributed by atoms with Crippen LogP contribution >= 0.6 is 7.82 Å². The van der Waals surface area contributed by atoms with E-state index in [9.17, 15) is 9.36 Å². The van der Waals surface area contributed by atoms with Gasteiger partial charge in [-0.25, -0.2) is 9.09 Å². The molecule has 0 bridgehead atoms. The van der Waals surface area contributed by atoms with Crippen LogP contribution in [0.4, 0.5) is 0 Å². The van der Waals surface area contributed by atoms with Gasteiger partial charge in [0.05, 0.1) is 17.6 Å².